The molecule has 106 valence electrons. The first-order valence-electron chi connectivity index (χ1n) is 7.07. The average molecular weight is 266 g/mol. The summed E-state index contributed by atoms with van der Waals surface area (Å²) in [4.78, 5) is 2.06. The Morgan fingerprint density at radius 2 is 2.21 bits per heavy atom. The van der Waals surface area contributed by atoms with Crippen LogP contribution < -0.4 is 10.6 Å². The first kappa shape index (κ1) is 14.3. The van der Waals surface area contributed by atoms with Crippen molar-refractivity contribution in [3.8, 4) is 0 Å². The zero-order valence-electron chi connectivity index (χ0n) is 11.6. The molecule has 0 radical (unpaired) electrons. The average Bonchev–Trinajstić information content (AvgIpc) is 2.67. The number of hydrogen-bond acceptors (Lipinski definition) is 3. The number of nitrogens with zero attached hydrogens (tertiary/aromatic N) is 1. The third-order valence-corrected chi connectivity index (χ3v) is 3.60. The number of anilines is 1. The van der Waals surface area contributed by atoms with Gasteiger partial charge in [0.05, 0.1) is 12.3 Å². The molecule has 1 fully saturated rings. The van der Waals surface area contributed by atoms with Crippen molar-refractivity contribution < 1.29 is 9.13 Å². The molecule has 3 nitrogen and oxygen atoms in total. The minimum Gasteiger partial charge on any atom is -0.380 e. The summed E-state index contributed by atoms with van der Waals surface area (Å²) in [6.45, 7) is 5.09. The Kier molecular flexibility index (Phi) is 5.16. The first-order chi connectivity index (χ1) is 9.20. The molecule has 1 aromatic rings. The van der Waals surface area contributed by atoms with Crippen LogP contribution in [-0.4, -0.2) is 32.3 Å². The van der Waals surface area contributed by atoms with E-state index in [1.54, 1.807) is 6.07 Å². The van der Waals surface area contributed by atoms with Crippen molar-refractivity contribution in [1.29, 1.82) is 0 Å². The number of nitrogens with two attached hydrogens (primary N) is 1. The summed E-state index contributed by atoms with van der Waals surface area (Å²) >= 11 is 0. The fraction of sp³-hybridized carbons (Fsp3) is 0.600. The predicted molar refractivity (Wildman–Crippen MR) is 76.0 cm³/mol. The van der Waals surface area contributed by atoms with Crippen molar-refractivity contribution >= 4 is 5.69 Å². The van der Waals surface area contributed by atoms with Crippen LogP contribution in [0.4, 0.5) is 10.1 Å². The maximum Gasteiger partial charge on any atom is 0.146 e. The van der Waals surface area contributed by atoms with Crippen LogP contribution in [0.15, 0.2) is 18.2 Å². The van der Waals surface area contributed by atoms with Gasteiger partial charge in [0.15, 0.2) is 0 Å². The SMILES string of the molecule is CCC(N)Cc1ccc(N2CCCOCC2)c(F)c1. The molecular formula is C15H23FN2O. The van der Waals surface area contributed by atoms with E-state index >= 15 is 0 Å². The molecule has 1 aromatic carbocycles. The van der Waals surface area contributed by atoms with E-state index in [4.69, 9.17) is 10.5 Å². The van der Waals surface area contributed by atoms with Gasteiger partial charge in [-0.2, -0.15) is 0 Å². The van der Waals surface area contributed by atoms with Crippen molar-refractivity contribution in [2.24, 2.45) is 5.73 Å². The van der Waals surface area contributed by atoms with Gasteiger partial charge in [0.25, 0.3) is 0 Å². The molecular weight excluding hydrogens is 243 g/mol. The Labute approximate surface area is 114 Å². The van der Waals surface area contributed by atoms with Gasteiger partial charge in [0.2, 0.25) is 0 Å². The summed E-state index contributed by atoms with van der Waals surface area (Å²) < 4.78 is 19.6. The van der Waals surface area contributed by atoms with Crippen molar-refractivity contribution in [1.82, 2.24) is 0 Å². The van der Waals surface area contributed by atoms with Gasteiger partial charge < -0.3 is 15.4 Å². The summed E-state index contributed by atoms with van der Waals surface area (Å²) in [5.41, 5.74) is 7.56. The van der Waals surface area contributed by atoms with Crippen LogP contribution in [0.25, 0.3) is 0 Å². The lowest BCUT2D eigenvalue weighted by Crippen LogP contribution is -2.27. The Bertz CT molecular complexity index is 403. The highest BCUT2D eigenvalue weighted by atomic mass is 19.1. The highest BCUT2D eigenvalue weighted by Crippen LogP contribution is 2.22. The molecule has 1 aliphatic heterocycles. The molecule has 1 unspecified atom stereocenters. The van der Waals surface area contributed by atoms with Crippen LogP contribution in [0, 0.1) is 5.82 Å². The van der Waals surface area contributed by atoms with Gasteiger partial charge in [-0.25, -0.2) is 4.39 Å². The molecule has 0 bridgehead atoms. The summed E-state index contributed by atoms with van der Waals surface area (Å²) in [6.07, 6.45) is 2.59. The third kappa shape index (κ3) is 3.91. The molecule has 2 N–H and O–H groups in total. The number of halogens is 1. The van der Waals surface area contributed by atoms with Gasteiger partial charge in [-0.05, 0) is 37.0 Å². The van der Waals surface area contributed by atoms with E-state index < -0.39 is 0 Å². The van der Waals surface area contributed by atoms with Crippen molar-refractivity contribution in [3.63, 3.8) is 0 Å². The van der Waals surface area contributed by atoms with E-state index in [0.717, 1.165) is 44.5 Å². The molecule has 1 aliphatic rings. The first-order valence-corrected chi connectivity index (χ1v) is 7.07. The van der Waals surface area contributed by atoms with E-state index in [1.807, 2.05) is 19.1 Å². The highest BCUT2D eigenvalue weighted by molar-refractivity contribution is 5.49. The molecule has 0 aliphatic carbocycles. The number of rotatable bonds is 4. The fourth-order valence-corrected chi connectivity index (χ4v) is 2.37. The summed E-state index contributed by atoms with van der Waals surface area (Å²) in [5, 5.41) is 0. The molecule has 0 amide bonds. The van der Waals surface area contributed by atoms with E-state index in [9.17, 15) is 4.39 Å². The van der Waals surface area contributed by atoms with Crippen LogP contribution in [0.1, 0.15) is 25.3 Å². The van der Waals surface area contributed by atoms with Gasteiger partial charge in [-0.3, -0.25) is 0 Å². The monoisotopic (exact) mass is 266 g/mol. The van der Waals surface area contributed by atoms with Crippen molar-refractivity contribution in [2.75, 3.05) is 31.2 Å². The Balaban J connectivity index is 2.09. The second-order valence-electron chi connectivity index (χ2n) is 5.11. The standard InChI is InChI=1S/C15H23FN2O/c1-2-13(17)10-12-4-5-15(14(16)11-12)18-6-3-8-19-9-7-18/h4-5,11,13H,2-3,6-10,17H2,1H3. The lowest BCUT2D eigenvalue weighted by atomic mass is 10.0. The summed E-state index contributed by atoms with van der Waals surface area (Å²) in [7, 11) is 0. The predicted octanol–water partition coefficient (Wildman–Crippen LogP) is 2.33. The number of ether oxygens (including phenoxy) is 1. The van der Waals surface area contributed by atoms with E-state index in [2.05, 4.69) is 4.90 Å². The largest absolute Gasteiger partial charge is 0.380 e. The fourth-order valence-electron chi connectivity index (χ4n) is 2.37. The lowest BCUT2D eigenvalue weighted by molar-refractivity contribution is 0.152. The maximum absolute atomic E-state index is 14.2. The third-order valence-electron chi connectivity index (χ3n) is 3.60. The maximum atomic E-state index is 14.2. The van der Waals surface area contributed by atoms with Crippen LogP contribution in [0.2, 0.25) is 0 Å². The van der Waals surface area contributed by atoms with E-state index in [-0.39, 0.29) is 11.9 Å². The summed E-state index contributed by atoms with van der Waals surface area (Å²) in [6, 6.07) is 5.59. The second kappa shape index (κ2) is 6.87. The molecule has 4 heteroatoms. The quantitative estimate of drug-likeness (QED) is 0.909. The van der Waals surface area contributed by atoms with Crippen molar-refractivity contribution in [3.05, 3.63) is 29.6 Å². The van der Waals surface area contributed by atoms with Gasteiger partial charge in [-0.15, -0.1) is 0 Å². The Morgan fingerprint density at radius 1 is 1.37 bits per heavy atom. The second-order valence-corrected chi connectivity index (χ2v) is 5.11. The van der Waals surface area contributed by atoms with Gasteiger partial charge in [-0.1, -0.05) is 13.0 Å². The van der Waals surface area contributed by atoms with Crippen molar-refractivity contribution in [2.45, 2.75) is 32.2 Å². The van der Waals surface area contributed by atoms with E-state index in [0.29, 0.717) is 12.3 Å². The number of hydrogen-bond donors (Lipinski definition) is 1. The molecule has 0 saturated carbocycles. The zero-order valence-corrected chi connectivity index (χ0v) is 11.6. The van der Waals surface area contributed by atoms with Crippen LogP contribution >= 0.6 is 0 Å². The summed E-state index contributed by atoms with van der Waals surface area (Å²) in [5.74, 6) is -0.150. The van der Waals surface area contributed by atoms with Crippen LogP contribution in [-0.2, 0) is 11.2 Å². The van der Waals surface area contributed by atoms with Crippen LogP contribution in [0.3, 0.4) is 0 Å². The minimum absolute atomic E-state index is 0.108. The lowest BCUT2D eigenvalue weighted by Gasteiger charge is -2.23. The molecule has 0 spiro atoms. The normalized spacial score (nSPS) is 18.2. The highest BCUT2D eigenvalue weighted by Gasteiger charge is 2.14. The topological polar surface area (TPSA) is 38.5 Å². The zero-order chi connectivity index (χ0) is 13.7. The van der Waals surface area contributed by atoms with E-state index in [1.165, 1.54) is 0 Å². The smallest absolute Gasteiger partial charge is 0.146 e. The van der Waals surface area contributed by atoms with Gasteiger partial charge >= 0.3 is 0 Å². The molecule has 0 aromatic heterocycles. The molecule has 1 atom stereocenters. The molecule has 19 heavy (non-hydrogen) atoms. The van der Waals surface area contributed by atoms with Gasteiger partial charge in [0, 0.05) is 25.7 Å². The number of benzene rings is 1. The Morgan fingerprint density at radius 3 is 2.95 bits per heavy atom. The Hall–Kier alpha value is -1.13. The van der Waals surface area contributed by atoms with Crippen LogP contribution in [0.5, 0.6) is 0 Å². The molecule has 2 rings (SSSR count). The minimum atomic E-state index is -0.150. The molecule has 1 heterocycles. The molecule has 1 saturated heterocycles. The van der Waals surface area contributed by atoms with Gasteiger partial charge in [0.1, 0.15) is 5.82 Å².